The van der Waals surface area contributed by atoms with Crippen LogP contribution in [0, 0.1) is 12.3 Å². The van der Waals surface area contributed by atoms with E-state index in [1.807, 2.05) is 32.9 Å². The normalized spacial score (nSPS) is 13.8. The summed E-state index contributed by atoms with van der Waals surface area (Å²) in [6, 6.07) is 5.52. The molecule has 1 unspecified atom stereocenters. The minimum absolute atomic E-state index is 0.0115. The number of nitrogens with one attached hydrogen (secondary N) is 1. The highest BCUT2D eigenvalue weighted by Gasteiger charge is 2.23. The van der Waals surface area contributed by atoms with Crippen LogP contribution in [-0.2, 0) is 4.74 Å². The van der Waals surface area contributed by atoms with Gasteiger partial charge in [-0.1, -0.05) is 26.8 Å². The van der Waals surface area contributed by atoms with E-state index in [2.05, 4.69) is 38.0 Å². The van der Waals surface area contributed by atoms with Gasteiger partial charge in [0.1, 0.15) is 11.4 Å². The maximum absolute atomic E-state index is 11.7. The van der Waals surface area contributed by atoms with E-state index in [4.69, 9.17) is 4.74 Å². The Labute approximate surface area is 121 Å². The number of carbonyl (C=O) groups excluding carboxylic acids is 1. The lowest BCUT2D eigenvalue weighted by Gasteiger charge is -2.26. The van der Waals surface area contributed by atoms with Crippen molar-refractivity contribution in [3.63, 3.8) is 0 Å². The maximum Gasteiger partial charge on any atom is 0.413 e. The van der Waals surface area contributed by atoms with Crippen LogP contribution in [0.4, 0.5) is 10.6 Å². The fraction of sp³-hybridized carbons (Fsp3) is 0.562. The number of hydrogen-bond donors (Lipinski definition) is 1. The van der Waals surface area contributed by atoms with Crippen molar-refractivity contribution in [1.29, 1.82) is 0 Å². The Balaban J connectivity index is 2.82. The molecular formula is C16H25N2O2. The molecule has 0 saturated carbocycles. The van der Waals surface area contributed by atoms with Gasteiger partial charge in [0, 0.05) is 11.6 Å². The number of ether oxygens (including phenoxy) is 1. The zero-order valence-electron chi connectivity index (χ0n) is 13.3. The van der Waals surface area contributed by atoms with E-state index in [0.29, 0.717) is 5.82 Å². The third-order valence-electron chi connectivity index (χ3n) is 2.80. The summed E-state index contributed by atoms with van der Waals surface area (Å²) in [7, 11) is 0. The maximum atomic E-state index is 11.7. The van der Waals surface area contributed by atoms with Crippen LogP contribution in [0.5, 0.6) is 0 Å². The summed E-state index contributed by atoms with van der Waals surface area (Å²) < 4.78 is 5.20. The second-order valence-corrected chi connectivity index (χ2v) is 6.99. The number of rotatable bonds is 2. The molecule has 0 aliphatic rings. The van der Waals surface area contributed by atoms with E-state index in [1.54, 1.807) is 6.07 Å². The van der Waals surface area contributed by atoms with Gasteiger partial charge in [0.05, 0.1) is 0 Å². The molecule has 1 aromatic heterocycles. The summed E-state index contributed by atoms with van der Waals surface area (Å²) >= 11 is 0. The molecule has 1 amide bonds. The van der Waals surface area contributed by atoms with Gasteiger partial charge in [-0.25, -0.2) is 9.78 Å². The molecule has 1 radical (unpaired) electrons. The van der Waals surface area contributed by atoms with Crippen molar-refractivity contribution in [2.24, 2.45) is 5.41 Å². The summed E-state index contributed by atoms with van der Waals surface area (Å²) in [5.41, 5.74) is 0.338. The van der Waals surface area contributed by atoms with Crippen LogP contribution in [0.3, 0.4) is 0 Å². The summed E-state index contributed by atoms with van der Waals surface area (Å²) in [5.74, 6) is 0.525. The zero-order valence-corrected chi connectivity index (χ0v) is 13.3. The molecule has 1 heterocycles. The zero-order chi connectivity index (χ0) is 15.6. The Morgan fingerprint density at radius 2 is 1.85 bits per heavy atom. The Morgan fingerprint density at radius 3 is 2.35 bits per heavy atom. The number of pyridine rings is 1. The van der Waals surface area contributed by atoms with E-state index in [0.717, 1.165) is 5.69 Å². The minimum Gasteiger partial charge on any atom is -0.444 e. The van der Waals surface area contributed by atoms with Gasteiger partial charge in [-0.15, -0.1) is 0 Å². The molecule has 0 fully saturated rings. The first-order valence-corrected chi connectivity index (χ1v) is 6.79. The van der Waals surface area contributed by atoms with E-state index in [1.165, 1.54) is 0 Å². The van der Waals surface area contributed by atoms with Crippen molar-refractivity contribution in [2.45, 2.75) is 53.1 Å². The fourth-order valence-electron chi connectivity index (χ4n) is 1.57. The standard InChI is InChI=1S/C16H25N2O2/c1-11(15(2,3)4)12-9-8-10-13(17-12)18-14(19)20-16(5,6)7/h8-11H,1H2,2-7H3,(H,17,18,19). The first-order chi connectivity index (χ1) is 8.99. The predicted octanol–water partition coefficient (Wildman–Crippen LogP) is 4.39. The molecule has 20 heavy (non-hydrogen) atoms. The number of aromatic nitrogens is 1. The van der Waals surface area contributed by atoms with Gasteiger partial charge >= 0.3 is 6.09 Å². The Kier molecular flexibility index (Phi) is 4.79. The van der Waals surface area contributed by atoms with E-state index in [-0.39, 0.29) is 11.3 Å². The Morgan fingerprint density at radius 1 is 1.25 bits per heavy atom. The van der Waals surface area contributed by atoms with Crippen molar-refractivity contribution in [2.75, 3.05) is 5.32 Å². The predicted molar refractivity (Wildman–Crippen MR) is 81.6 cm³/mol. The average molecular weight is 277 g/mol. The summed E-state index contributed by atoms with van der Waals surface area (Å²) in [6.07, 6.45) is -0.501. The lowest BCUT2D eigenvalue weighted by Crippen LogP contribution is -2.27. The topological polar surface area (TPSA) is 51.2 Å². The molecule has 1 aromatic rings. The molecule has 4 heteroatoms. The van der Waals surface area contributed by atoms with Crippen molar-refractivity contribution < 1.29 is 9.53 Å². The number of nitrogens with zero attached hydrogens (tertiary/aromatic N) is 1. The molecule has 111 valence electrons. The number of amides is 1. The molecule has 0 saturated heterocycles. The van der Waals surface area contributed by atoms with Crippen LogP contribution < -0.4 is 5.32 Å². The van der Waals surface area contributed by atoms with Gasteiger partial charge in [0.25, 0.3) is 0 Å². The molecular weight excluding hydrogens is 252 g/mol. The second-order valence-electron chi connectivity index (χ2n) is 6.99. The third kappa shape index (κ3) is 5.19. The van der Waals surface area contributed by atoms with E-state index < -0.39 is 11.7 Å². The Bertz CT molecular complexity index is 470. The smallest absolute Gasteiger partial charge is 0.413 e. The summed E-state index contributed by atoms with van der Waals surface area (Å²) in [6.45, 7) is 16.0. The molecule has 0 aliphatic carbocycles. The molecule has 1 rings (SSSR count). The van der Waals surface area contributed by atoms with Gasteiger partial charge in [-0.2, -0.15) is 0 Å². The van der Waals surface area contributed by atoms with Crippen molar-refractivity contribution in [3.05, 3.63) is 30.8 Å². The first-order valence-electron chi connectivity index (χ1n) is 6.79. The molecule has 0 spiro atoms. The van der Waals surface area contributed by atoms with Gasteiger partial charge in [0.2, 0.25) is 0 Å². The SMILES string of the molecule is [CH2]C(c1cccc(NC(=O)OC(C)(C)C)n1)C(C)(C)C. The highest BCUT2D eigenvalue weighted by molar-refractivity contribution is 5.83. The molecule has 1 atom stereocenters. The molecule has 0 aliphatic heterocycles. The molecule has 4 nitrogen and oxygen atoms in total. The monoisotopic (exact) mass is 277 g/mol. The third-order valence-corrected chi connectivity index (χ3v) is 2.80. The van der Waals surface area contributed by atoms with Gasteiger partial charge in [-0.3, -0.25) is 5.32 Å². The average Bonchev–Trinajstić information content (AvgIpc) is 2.24. The van der Waals surface area contributed by atoms with Crippen LogP contribution in [-0.4, -0.2) is 16.7 Å². The van der Waals surface area contributed by atoms with E-state index >= 15 is 0 Å². The summed E-state index contributed by atoms with van der Waals surface area (Å²) in [5, 5.41) is 2.65. The van der Waals surface area contributed by atoms with Crippen molar-refractivity contribution in [1.82, 2.24) is 4.98 Å². The van der Waals surface area contributed by atoms with Crippen LogP contribution in [0.15, 0.2) is 18.2 Å². The lowest BCUT2D eigenvalue weighted by atomic mass is 9.80. The van der Waals surface area contributed by atoms with Crippen LogP contribution >= 0.6 is 0 Å². The summed E-state index contributed by atoms with van der Waals surface area (Å²) in [4.78, 5) is 16.2. The molecule has 1 N–H and O–H groups in total. The number of carbonyl (C=O) groups is 1. The fourth-order valence-corrected chi connectivity index (χ4v) is 1.57. The van der Waals surface area contributed by atoms with Crippen LogP contribution in [0.1, 0.15) is 53.2 Å². The van der Waals surface area contributed by atoms with E-state index in [9.17, 15) is 4.79 Å². The van der Waals surface area contributed by atoms with Crippen molar-refractivity contribution in [3.8, 4) is 0 Å². The van der Waals surface area contributed by atoms with Crippen LogP contribution in [0.2, 0.25) is 0 Å². The van der Waals surface area contributed by atoms with Crippen molar-refractivity contribution >= 4 is 11.9 Å². The van der Waals surface area contributed by atoms with Gasteiger partial charge in [-0.05, 0) is 45.2 Å². The molecule has 0 aromatic carbocycles. The highest BCUT2D eigenvalue weighted by atomic mass is 16.6. The highest BCUT2D eigenvalue weighted by Crippen LogP contribution is 2.33. The number of anilines is 1. The van der Waals surface area contributed by atoms with Gasteiger partial charge in [0.15, 0.2) is 0 Å². The second kappa shape index (κ2) is 5.81. The quantitative estimate of drug-likeness (QED) is 0.872. The number of hydrogen-bond acceptors (Lipinski definition) is 3. The first kappa shape index (κ1) is 16.5. The van der Waals surface area contributed by atoms with Gasteiger partial charge < -0.3 is 4.74 Å². The van der Waals surface area contributed by atoms with Crippen LogP contribution in [0.25, 0.3) is 0 Å². The Hall–Kier alpha value is -1.58. The largest absolute Gasteiger partial charge is 0.444 e. The minimum atomic E-state index is -0.526. The molecule has 0 bridgehead atoms. The lowest BCUT2D eigenvalue weighted by molar-refractivity contribution is 0.0635.